The first-order valence-electron chi connectivity index (χ1n) is 7.43. The van der Waals surface area contributed by atoms with Gasteiger partial charge in [0.15, 0.2) is 0 Å². The van der Waals surface area contributed by atoms with Crippen LogP contribution in [0.3, 0.4) is 0 Å². The summed E-state index contributed by atoms with van der Waals surface area (Å²) in [5, 5.41) is 4.22. The Bertz CT molecular complexity index is 438. The molecule has 112 valence electrons. The van der Waals surface area contributed by atoms with Crippen LogP contribution in [0.1, 0.15) is 32.3 Å². The zero-order valence-corrected chi connectivity index (χ0v) is 13.2. The Hall–Kier alpha value is -0.770. The van der Waals surface area contributed by atoms with Crippen molar-refractivity contribution in [3.8, 4) is 5.75 Å². The summed E-state index contributed by atoms with van der Waals surface area (Å²) in [7, 11) is 0. The topological polar surface area (TPSA) is 30.5 Å². The van der Waals surface area contributed by atoms with Gasteiger partial charge in [0.25, 0.3) is 0 Å². The Morgan fingerprint density at radius 1 is 1.35 bits per heavy atom. The van der Waals surface area contributed by atoms with E-state index < -0.39 is 0 Å². The summed E-state index contributed by atoms with van der Waals surface area (Å²) in [5.41, 5.74) is 1.04. The molecule has 0 amide bonds. The minimum absolute atomic E-state index is 0.131. The first-order valence-corrected chi connectivity index (χ1v) is 7.81. The number of benzene rings is 1. The van der Waals surface area contributed by atoms with Gasteiger partial charge < -0.3 is 14.8 Å². The van der Waals surface area contributed by atoms with Crippen molar-refractivity contribution < 1.29 is 9.47 Å². The summed E-state index contributed by atoms with van der Waals surface area (Å²) in [6, 6.07) is 6.20. The van der Waals surface area contributed by atoms with Gasteiger partial charge in [0.1, 0.15) is 18.0 Å². The molecule has 0 radical (unpaired) electrons. The zero-order valence-electron chi connectivity index (χ0n) is 12.5. The fourth-order valence-corrected chi connectivity index (χ4v) is 2.62. The molecule has 3 unspecified atom stereocenters. The van der Waals surface area contributed by atoms with Crippen molar-refractivity contribution in [1.29, 1.82) is 0 Å². The second-order valence-electron chi connectivity index (χ2n) is 5.30. The van der Waals surface area contributed by atoms with E-state index in [1.165, 1.54) is 0 Å². The molecule has 1 aliphatic carbocycles. The number of aryl methyl sites for hydroxylation is 1. The van der Waals surface area contributed by atoms with Crippen molar-refractivity contribution in [1.82, 2.24) is 5.32 Å². The van der Waals surface area contributed by atoms with Gasteiger partial charge in [-0.15, -0.1) is 0 Å². The highest BCUT2D eigenvalue weighted by Crippen LogP contribution is 2.30. The molecule has 4 heteroatoms. The van der Waals surface area contributed by atoms with Crippen LogP contribution in [0.15, 0.2) is 18.2 Å². The number of rotatable bonds is 7. The molecule has 1 saturated carbocycles. The van der Waals surface area contributed by atoms with Gasteiger partial charge in [-0.3, -0.25) is 0 Å². The van der Waals surface area contributed by atoms with E-state index in [2.05, 4.69) is 19.2 Å². The van der Waals surface area contributed by atoms with Gasteiger partial charge in [0.05, 0.1) is 0 Å². The lowest BCUT2D eigenvalue weighted by Crippen LogP contribution is -2.61. The monoisotopic (exact) mass is 297 g/mol. The van der Waals surface area contributed by atoms with Gasteiger partial charge in [-0.2, -0.15) is 0 Å². The van der Waals surface area contributed by atoms with Crippen molar-refractivity contribution in [2.24, 2.45) is 0 Å². The average molecular weight is 298 g/mol. The number of hydrogen-bond donors (Lipinski definition) is 1. The molecule has 0 aromatic heterocycles. The number of likely N-dealkylation sites (N-methyl/N-ethyl adjacent to an activating group) is 1. The Labute approximate surface area is 126 Å². The fourth-order valence-electron chi connectivity index (χ4n) is 2.50. The number of halogens is 1. The molecule has 1 fully saturated rings. The summed E-state index contributed by atoms with van der Waals surface area (Å²) in [5.74, 6) is 0.872. The van der Waals surface area contributed by atoms with Crippen molar-refractivity contribution in [2.75, 3.05) is 13.2 Å². The largest absolute Gasteiger partial charge is 0.488 e. The van der Waals surface area contributed by atoms with Gasteiger partial charge in [-0.05, 0) is 43.7 Å². The van der Waals surface area contributed by atoms with Crippen LogP contribution in [0.4, 0.5) is 0 Å². The lowest BCUT2D eigenvalue weighted by atomic mass is 9.85. The van der Waals surface area contributed by atoms with Gasteiger partial charge in [-0.1, -0.05) is 25.4 Å². The lowest BCUT2D eigenvalue weighted by molar-refractivity contribution is -0.107. The maximum absolute atomic E-state index is 6.05. The maximum Gasteiger partial charge on any atom is 0.128 e. The summed E-state index contributed by atoms with van der Waals surface area (Å²) in [4.78, 5) is 0. The van der Waals surface area contributed by atoms with Crippen molar-refractivity contribution in [3.63, 3.8) is 0 Å². The standard InChI is InChI=1S/C16H24ClNO2/c1-4-8-19-16-14(18-5-2)10-15(16)20-12-6-7-13(17)11(3)9-12/h6-7,9,14-16,18H,4-5,8,10H2,1-3H3. The van der Waals surface area contributed by atoms with E-state index in [-0.39, 0.29) is 12.2 Å². The Morgan fingerprint density at radius 2 is 2.15 bits per heavy atom. The highest BCUT2D eigenvalue weighted by atomic mass is 35.5. The number of nitrogens with one attached hydrogen (secondary N) is 1. The molecule has 0 saturated heterocycles. The van der Waals surface area contributed by atoms with E-state index in [4.69, 9.17) is 21.1 Å². The van der Waals surface area contributed by atoms with Gasteiger partial charge in [0, 0.05) is 24.1 Å². The molecule has 1 aromatic carbocycles. The summed E-state index contributed by atoms with van der Waals surface area (Å²) in [6.45, 7) is 7.98. The van der Waals surface area contributed by atoms with Crippen LogP contribution in [0.25, 0.3) is 0 Å². The second kappa shape index (κ2) is 7.30. The Kier molecular flexibility index (Phi) is 5.70. The Balaban J connectivity index is 1.95. The molecule has 1 N–H and O–H groups in total. The SMILES string of the molecule is CCCOC1C(NCC)CC1Oc1ccc(Cl)c(C)c1. The number of hydrogen-bond acceptors (Lipinski definition) is 3. The maximum atomic E-state index is 6.05. The van der Waals surface area contributed by atoms with Crippen LogP contribution in [0, 0.1) is 6.92 Å². The van der Waals surface area contributed by atoms with E-state index in [0.29, 0.717) is 6.04 Å². The van der Waals surface area contributed by atoms with Crippen LogP contribution in [-0.4, -0.2) is 31.4 Å². The average Bonchev–Trinajstić information content (AvgIpc) is 2.42. The van der Waals surface area contributed by atoms with Gasteiger partial charge in [-0.25, -0.2) is 0 Å². The molecule has 0 heterocycles. The number of ether oxygens (including phenoxy) is 2. The third-order valence-electron chi connectivity index (χ3n) is 3.65. The minimum atomic E-state index is 0.131. The first-order chi connectivity index (χ1) is 9.65. The molecule has 2 rings (SSSR count). The molecule has 20 heavy (non-hydrogen) atoms. The molecule has 3 nitrogen and oxygen atoms in total. The molecule has 0 spiro atoms. The van der Waals surface area contributed by atoms with Crippen LogP contribution >= 0.6 is 11.6 Å². The van der Waals surface area contributed by atoms with Gasteiger partial charge >= 0.3 is 0 Å². The van der Waals surface area contributed by atoms with Crippen LogP contribution in [0.2, 0.25) is 5.02 Å². The van der Waals surface area contributed by atoms with Crippen LogP contribution < -0.4 is 10.1 Å². The molecule has 1 aromatic rings. The molecule has 0 aliphatic heterocycles. The second-order valence-corrected chi connectivity index (χ2v) is 5.71. The normalized spacial score (nSPS) is 25.3. The first kappa shape index (κ1) is 15.6. The van der Waals surface area contributed by atoms with Crippen molar-refractivity contribution >= 4 is 11.6 Å². The van der Waals surface area contributed by atoms with Crippen molar-refractivity contribution in [2.45, 2.75) is 51.9 Å². The van der Waals surface area contributed by atoms with Crippen molar-refractivity contribution in [3.05, 3.63) is 28.8 Å². The molecular weight excluding hydrogens is 274 g/mol. The smallest absolute Gasteiger partial charge is 0.128 e. The minimum Gasteiger partial charge on any atom is -0.488 e. The quantitative estimate of drug-likeness (QED) is 0.834. The third-order valence-corrected chi connectivity index (χ3v) is 4.07. The van der Waals surface area contributed by atoms with Gasteiger partial charge in [0.2, 0.25) is 0 Å². The van der Waals surface area contributed by atoms with Crippen LogP contribution in [0.5, 0.6) is 5.75 Å². The third kappa shape index (κ3) is 3.66. The highest BCUT2D eigenvalue weighted by molar-refractivity contribution is 6.31. The predicted octanol–water partition coefficient (Wildman–Crippen LogP) is 3.57. The summed E-state index contributed by atoms with van der Waals surface area (Å²) < 4.78 is 12.0. The van der Waals surface area contributed by atoms with Crippen LogP contribution in [-0.2, 0) is 4.74 Å². The van der Waals surface area contributed by atoms with E-state index in [9.17, 15) is 0 Å². The molecular formula is C16H24ClNO2. The molecule has 0 bridgehead atoms. The molecule has 3 atom stereocenters. The van der Waals surface area contributed by atoms with E-state index in [1.54, 1.807) is 0 Å². The zero-order chi connectivity index (χ0) is 14.5. The summed E-state index contributed by atoms with van der Waals surface area (Å²) >= 11 is 6.04. The van der Waals surface area contributed by atoms with E-state index in [0.717, 1.165) is 42.3 Å². The predicted molar refractivity (Wildman–Crippen MR) is 82.7 cm³/mol. The Morgan fingerprint density at radius 3 is 2.80 bits per heavy atom. The highest BCUT2D eigenvalue weighted by Gasteiger charge is 2.43. The summed E-state index contributed by atoms with van der Waals surface area (Å²) in [6.07, 6.45) is 2.29. The fraction of sp³-hybridized carbons (Fsp3) is 0.625. The van der Waals surface area contributed by atoms with E-state index in [1.807, 2.05) is 25.1 Å². The lowest BCUT2D eigenvalue weighted by Gasteiger charge is -2.44. The molecule has 1 aliphatic rings. The van der Waals surface area contributed by atoms with E-state index >= 15 is 0 Å².